The Kier molecular flexibility index (Phi) is 4.72. The lowest BCUT2D eigenvalue weighted by Gasteiger charge is -2.42. The van der Waals surface area contributed by atoms with E-state index in [-0.39, 0.29) is 36.0 Å². The number of likely N-dealkylation sites (N-methyl/N-ethyl adjacent to an activating group) is 1. The fraction of sp³-hybridized carbons (Fsp3) is 0.636. The van der Waals surface area contributed by atoms with Crippen molar-refractivity contribution >= 4 is 23.4 Å². The maximum Gasteiger partial charge on any atom is 0.435 e. The molecule has 182 valence electrons. The van der Waals surface area contributed by atoms with Crippen LogP contribution in [0.15, 0.2) is 6.07 Å². The van der Waals surface area contributed by atoms with E-state index in [9.17, 15) is 18.0 Å². The van der Waals surface area contributed by atoms with E-state index in [0.717, 1.165) is 48.9 Å². The highest BCUT2D eigenvalue weighted by Gasteiger charge is 2.41. The summed E-state index contributed by atoms with van der Waals surface area (Å²) < 4.78 is 46.6. The molecule has 1 N–H and O–H groups in total. The molecule has 0 saturated heterocycles. The molecule has 1 amide bonds. The molecule has 0 unspecified atom stereocenters. The van der Waals surface area contributed by atoms with Crippen molar-refractivity contribution in [1.82, 2.24) is 19.7 Å². The van der Waals surface area contributed by atoms with Gasteiger partial charge in [0.1, 0.15) is 17.8 Å². The molecule has 0 spiro atoms. The number of carbonyl (C=O) groups is 1. The highest BCUT2D eigenvalue weighted by atomic mass is 19.4. The van der Waals surface area contributed by atoms with Gasteiger partial charge < -0.3 is 19.9 Å². The van der Waals surface area contributed by atoms with Crippen LogP contribution in [0.5, 0.6) is 5.88 Å². The lowest BCUT2D eigenvalue weighted by Crippen LogP contribution is -2.53. The van der Waals surface area contributed by atoms with E-state index in [0.29, 0.717) is 25.3 Å². The fourth-order valence-electron chi connectivity index (χ4n) is 4.88. The zero-order chi connectivity index (χ0) is 23.8. The van der Waals surface area contributed by atoms with Crippen molar-refractivity contribution in [3.8, 4) is 5.88 Å². The van der Waals surface area contributed by atoms with Gasteiger partial charge in [-0.05, 0) is 32.6 Å². The largest absolute Gasteiger partial charge is 0.474 e. The zero-order valence-corrected chi connectivity index (χ0v) is 19.0. The minimum Gasteiger partial charge on any atom is -0.474 e. The molecule has 0 bridgehead atoms. The van der Waals surface area contributed by atoms with Gasteiger partial charge in [0.25, 0.3) is 0 Å². The van der Waals surface area contributed by atoms with Crippen LogP contribution in [0.3, 0.4) is 0 Å². The van der Waals surface area contributed by atoms with Gasteiger partial charge in [0.05, 0.1) is 11.7 Å². The van der Waals surface area contributed by atoms with E-state index < -0.39 is 11.9 Å². The van der Waals surface area contributed by atoms with Crippen molar-refractivity contribution in [1.29, 1.82) is 0 Å². The number of nitrogens with zero attached hydrogens (tertiary/aromatic N) is 6. The molecule has 9 nitrogen and oxygen atoms in total. The molecule has 0 radical (unpaired) electrons. The third kappa shape index (κ3) is 3.54. The van der Waals surface area contributed by atoms with Crippen molar-refractivity contribution in [3.63, 3.8) is 0 Å². The maximum absolute atomic E-state index is 13.1. The summed E-state index contributed by atoms with van der Waals surface area (Å²) in [5.41, 5.74) is 0.766. The SMILES string of the molecule is C[C@H]1C(=O)N2CCCc3nc(NC4CC(Oc5cc(C(F)(F)F)nn5C5CC5)C4)nc(c32)N1C. The third-order valence-corrected chi connectivity index (χ3v) is 7.14. The molecule has 0 aromatic carbocycles. The van der Waals surface area contributed by atoms with Gasteiger partial charge in [-0.3, -0.25) is 4.79 Å². The van der Waals surface area contributed by atoms with Crippen LogP contribution in [-0.2, 0) is 17.4 Å². The van der Waals surface area contributed by atoms with Gasteiger partial charge in [-0.2, -0.15) is 23.3 Å². The number of nitrogens with one attached hydrogen (secondary N) is 1. The Bertz CT molecular complexity index is 1140. The topological polar surface area (TPSA) is 88.4 Å². The van der Waals surface area contributed by atoms with Crippen LogP contribution in [0.2, 0.25) is 0 Å². The van der Waals surface area contributed by atoms with Crippen LogP contribution in [0, 0.1) is 0 Å². The van der Waals surface area contributed by atoms with Crippen LogP contribution < -0.4 is 19.9 Å². The molecule has 2 aliphatic carbocycles. The van der Waals surface area contributed by atoms with Gasteiger partial charge in [-0.15, -0.1) is 0 Å². The zero-order valence-electron chi connectivity index (χ0n) is 19.0. The second kappa shape index (κ2) is 7.47. The molecule has 2 aliphatic heterocycles. The highest BCUT2D eigenvalue weighted by Crippen LogP contribution is 2.42. The number of aryl methyl sites for hydroxylation is 1. The number of carbonyl (C=O) groups excluding carboxylic acids is 1. The molecule has 4 aliphatic rings. The molecule has 2 fully saturated rings. The van der Waals surface area contributed by atoms with Gasteiger partial charge in [0.15, 0.2) is 11.5 Å². The summed E-state index contributed by atoms with van der Waals surface area (Å²) in [7, 11) is 1.87. The number of halogens is 3. The van der Waals surface area contributed by atoms with Crippen molar-refractivity contribution in [3.05, 3.63) is 17.5 Å². The van der Waals surface area contributed by atoms with E-state index in [2.05, 4.69) is 15.4 Å². The Morgan fingerprint density at radius 1 is 1.21 bits per heavy atom. The van der Waals surface area contributed by atoms with Crippen LogP contribution in [0.4, 0.5) is 30.6 Å². The molecule has 6 rings (SSSR count). The average Bonchev–Trinajstić information content (AvgIpc) is 3.52. The first-order valence-corrected chi connectivity index (χ1v) is 11.7. The molecule has 2 aromatic heterocycles. The van der Waals surface area contributed by atoms with Crippen molar-refractivity contribution in [2.45, 2.75) is 75.9 Å². The normalized spacial score (nSPS) is 26.3. The van der Waals surface area contributed by atoms with Gasteiger partial charge in [0.2, 0.25) is 17.7 Å². The Morgan fingerprint density at radius 2 is 1.97 bits per heavy atom. The Labute approximate surface area is 194 Å². The van der Waals surface area contributed by atoms with Gasteiger partial charge >= 0.3 is 6.18 Å². The Hall–Kier alpha value is -3.05. The molecule has 2 aromatic rings. The molecule has 34 heavy (non-hydrogen) atoms. The molecule has 2 saturated carbocycles. The number of rotatable bonds is 5. The van der Waals surface area contributed by atoms with Crippen LogP contribution in [0.25, 0.3) is 0 Å². The number of anilines is 3. The minimum atomic E-state index is -4.49. The monoisotopic (exact) mass is 477 g/mol. The summed E-state index contributed by atoms with van der Waals surface area (Å²) in [6, 6.07) is 0.759. The number of hydrogen-bond donors (Lipinski definition) is 1. The van der Waals surface area contributed by atoms with Gasteiger partial charge in [-0.1, -0.05) is 0 Å². The minimum absolute atomic E-state index is 0.00759. The Balaban J connectivity index is 1.14. The molecule has 1 atom stereocenters. The van der Waals surface area contributed by atoms with Crippen molar-refractivity contribution < 1.29 is 22.7 Å². The first kappa shape index (κ1) is 21.5. The van der Waals surface area contributed by atoms with Gasteiger partial charge in [0, 0.05) is 38.5 Å². The van der Waals surface area contributed by atoms with E-state index in [1.54, 1.807) is 4.90 Å². The predicted molar refractivity (Wildman–Crippen MR) is 117 cm³/mol. The Morgan fingerprint density at radius 3 is 2.68 bits per heavy atom. The van der Waals surface area contributed by atoms with Crippen LogP contribution >= 0.6 is 0 Å². The molecular formula is C22H26F3N7O2. The summed E-state index contributed by atoms with van der Waals surface area (Å²) in [6.45, 7) is 2.56. The van der Waals surface area contributed by atoms with Crippen molar-refractivity contribution in [2.24, 2.45) is 0 Å². The average molecular weight is 477 g/mol. The first-order valence-electron chi connectivity index (χ1n) is 11.7. The molecule has 12 heteroatoms. The van der Waals surface area contributed by atoms with Gasteiger partial charge in [-0.25, -0.2) is 9.67 Å². The number of ether oxygens (including phenoxy) is 1. The van der Waals surface area contributed by atoms with E-state index >= 15 is 0 Å². The number of alkyl halides is 3. The number of aromatic nitrogens is 4. The smallest absolute Gasteiger partial charge is 0.435 e. The van der Waals surface area contributed by atoms with E-state index in [1.165, 1.54) is 4.68 Å². The highest BCUT2D eigenvalue weighted by molar-refractivity contribution is 6.05. The summed E-state index contributed by atoms with van der Waals surface area (Å²) in [4.78, 5) is 25.8. The summed E-state index contributed by atoms with van der Waals surface area (Å²) >= 11 is 0. The van der Waals surface area contributed by atoms with E-state index in [1.807, 2.05) is 18.9 Å². The number of amides is 1. The quantitative estimate of drug-likeness (QED) is 0.708. The molecular weight excluding hydrogens is 451 g/mol. The fourth-order valence-corrected chi connectivity index (χ4v) is 4.88. The number of hydrogen-bond acceptors (Lipinski definition) is 7. The van der Waals surface area contributed by atoms with E-state index in [4.69, 9.17) is 9.72 Å². The lowest BCUT2D eigenvalue weighted by molar-refractivity contribution is -0.141. The second-order valence-electron chi connectivity index (χ2n) is 9.64. The predicted octanol–water partition coefficient (Wildman–Crippen LogP) is 3.17. The lowest BCUT2D eigenvalue weighted by atomic mass is 9.89. The third-order valence-electron chi connectivity index (χ3n) is 7.14. The van der Waals surface area contributed by atoms with Crippen molar-refractivity contribution in [2.75, 3.05) is 28.7 Å². The molecule has 4 heterocycles. The van der Waals surface area contributed by atoms with Crippen LogP contribution in [0.1, 0.15) is 56.5 Å². The maximum atomic E-state index is 13.1. The summed E-state index contributed by atoms with van der Waals surface area (Å²) in [6.07, 6.45) is -0.145. The van der Waals surface area contributed by atoms with Crippen LogP contribution in [-0.4, -0.2) is 57.4 Å². The second-order valence-corrected chi connectivity index (χ2v) is 9.64. The first-order chi connectivity index (χ1) is 16.2. The summed E-state index contributed by atoms with van der Waals surface area (Å²) in [5.74, 6) is 1.51. The standard InChI is InChI=1S/C22H26F3N7O2/c1-11-20(33)31-7-3-4-15-18(31)19(30(11)2)28-21(27-15)26-12-8-14(9-12)34-17-10-16(22(23,24)25)29-32(17)13-5-6-13/h10-14H,3-9H2,1-2H3,(H,26,27,28)/t11-,12?,14?/m0/s1. The summed E-state index contributed by atoms with van der Waals surface area (Å²) in [5, 5.41) is 7.08.